The summed E-state index contributed by atoms with van der Waals surface area (Å²) in [5, 5.41) is 0. The van der Waals surface area contributed by atoms with Crippen molar-refractivity contribution >= 4 is 5.91 Å². The summed E-state index contributed by atoms with van der Waals surface area (Å²) >= 11 is 0. The molecule has 0 bridgehead atoms. The highest BCUT2D eigenvalue weighted by Crippen LogP contribution is 2.01. The number of nitrogens with zero attached hydrogens (tertiary/aromatic N) is 2. The molecule has 0 radical (unpaired) electrons. The first-order valence-electron chi connectivity index (χ1n) is 4.92. The number of hydrogen-bond acceptors (Lipinski definition) is 2. The molecule has 1 amide bonds. The van der Waals surface area contributed by atoms with E-state index >= 15 is 0 Å². The lowest BCUT2D eigenvalue weighted by molar-refractivity contribution is -0.127. The van der Waals surface area contributed by atoms with Crippen molar-refractivity contribution in [3.63, 3.8) is 0 Å². The molecule has 1 heterocycles. The van der Waals surface area contributed by atoms with E-state index in [1.54, 1.807) is 12.2 Å². The van der Waals surface area contributed by atoms with Gasteiger partial charge in [0.15, 0.2) is 0 Å². The van der Waals surface area contributed by atoms with E-state index < -0.39 is 0 Å². The van der Waals surface area contributed by atoms with Crippen LogP contribution in [0.2, 0.25) is 0 Å². The lowest BCUT2D eigenvalue weighted by Gasteiger charge is -2.33. The van der Waals surface area contributed by atoms with E-state index in [-0.39, 0.29) is 5.91 Å². The van der Waals surface area contributed by atoms with E-state index in [4.69, 9.17) is 0 Å². The van der Waals surface area contributed by atoms with E-state index in [9.17, 15) is 4.79 Å². The molecule has 0 aromatic heterocycles. The lowest BCUT2D eigenvalue weighted by Crippen LogP contribution is -2.48. The highest BCUT2D eigenvalue weighted by atomic mass is 16.2. The van der Waals surface area contributed by atoms with Crippen LogP contribution in [-0.2, 0) is 4.79 Å². The quantitative estimate of drug-likeness (QED) is 0.588. The molecule has 0 atom stereocenters. The second kappa shape index (κ2) is 5.02. The van der Waals surface area contributed by atoms with Gasteiger partial charge < -0.3 is 9.80 Å². The van der Waals surface area contributed by atoms with Gasteiger partial charge in [-0.05, 0) is 19.5 Å². The third-order valence-corrected chi connectivity index (χ3v) is 2.44. The number of allylic oxidation sites excluding steroid dienone is 1. The second-order valence-corrected chi connectivity index (χ2v) is 3.26. The van der Waals surface area contributed by atoms with Gasteiger partial charge in [0.25, 0.3) is 0 Å². The van der Waals surface area contributed by atoms with Crippen LogP contribution in [0.5, 0.6) is 0 Å². The molecule has 1 saturated heterocycles. The minimum Gasteiger partial charge on any atom is -0.337 e. The van der Waals surface area contributed by atoms with Crippen LogP contribution in [0.3, 0.4) is 0 Å². The molecule has 0 aromatic rings. The lowest BCUT2D eigenvalue weighted by atomic mass is 10.3. The zero-order valence-electron chi connectivity index (χ0n) is 8.49. The first-order chi connectivity index (χ1) is 6.27. The molecule has 3 heteroatoms. The molecule has 0 spiro atoms. The van der Waals surface area contributed by atoms with Crippen LogP contribution in [0.25, 0.3) is 0 Å². The van der Waals surface area contributed by atoms with Crippen molar-refractivity contribution < 1.29 is 4.79 Å². The Bertz CT molecular complexity index is 193. The Balaban J connectivity index is 2.36. The van der Waals surface area contributed by atoms with Gasteiger partial charge in [0, 0.05) is 26.2 Å². The summed E-state index contributed by atoms with van der Waals surface area (Å²) in [4.78, 5) is 15.7. The fourth-order valence-corrected chi connectivity index (χ4v) is 1.53. The number of piperazine rings is 1. The highest BCUT2D eigenvalue weighted by Gasteiger charge is 2.17. The van der Waals surface area contributed by atoms with Crippen LogP contribution in [0.4, 0.5) is 0 Å². The van der Waals surface area contributed by atoms with Crippen molar-refractivity contribution in [2.45, 2.75) is 13.8 Å². The summed E-state index contributed by atoms with van der Waals surface area (Å²) in [5.74, 6) is 0.151. The van der Waals surface area contributed by atoms with E-state index in [1.807, 2.05) is 11.8 Å². The monoisotopic (exact) mass is 182 g/mol. The maximum atomic E-state index is 11.4. The molecule has 1 aliphatic heterocycles. The van der Waals surface area contributed by atoms with Crippen LogP contribution in [-0.4, -0.2) is 48.4 Å². The van der Waals surface area contributed by atoms with Crippen LogP contribution < -0.4 is 0 Å². The molecule has 74 valence electrons. The van der Waals surface area contributed by atoms with Crippen molar-refractivity contribution in [2.24, 2.45) is 0 Å². The largest absolute Gasteiger partial charge is 0.337 e. The minimum absolute atomic E-state index is 0.151. The van der Waals surface area contributed by atoms with E-state index in [2.05, 4.69) is 11.8 Å². The predicted octanol–water partition coefficient (Wildman–Crippen LogP) is 0.727. The Hall–Kier alpha value is -0.830. The van der Waals surface area contributed by atoms with Gasteiger partial charge in [-0.25, -0.2) is 0 Å². The molecule has 0 saturated carbocycles. The summed E-state index contributed by atoms with van der Waals surface area (Å²) < 4.78 is 0. The highest BCUT2D eigenvalue weighted by molar-refractivity contribution is 5.87. The third-order valence-electron chi connectivity index (χ3n) is 2.44. The van der Waals surface area contributed by atoms with Crippen LogP contribution in [0, 0.1) is 0 Å². The van der Waals surface area contributed by atoms with Crippen molar-refractivity contribution in [3.8, 4) is 0 Å². The molecular formula is C10H18N2O. The number of amides is 1. The van der Waals surface area contributed by atoms with Crippen LogP contribution in [0.1, 0.15) is 13.8 Å². The van der Waals surface area contributed by atoms with Crippen LogP contribution >= 0.6 is 0 Å². The standard InChI is InChI=1S/C10H18N2O/c1-3-5-10(13)12-8-6-11(4-2)7-9-12/h3,5H,4,6-9H2,1-2H3/b5-3+. The van der Waals surface area contributed by atoms with Crippen molar-refractivity contribution in [2.75, 3.05) is 32.7 Å². The van der Waals surface area contributed by atoms with Crippen molar-refractivity contribution in [3.05, 3.63) is 12.2 Å². The molecule has 1 rings (SSSR count). The normalized spacial score (nSPS) is 19.7. The zero-order chi connectivity index (χ0) is 9.68. The van der Waals surface area contributed by atoms with E-state index in [1.165, 1.54) is 0 Å². The molecule has 0 aliphatic carbocycles. The van der Waals surface area contributed by atoms with Gasteiger partial charge >= 0.3 is 0 Å². The van der Waals surface area contributed by atoms with Gasteiger partial charge in [-0.15, -0.1) is 0 Å². The number of rotatable bonds is 2. The molecule has 0 N–H and O–H groups in total. The molecule has 3 nitrogen and oxygen atoms in total. The second-order valence-electron chi connectivity index (χ2n) is 3.26. The molecule has 0 unspecified atom stereocenters. The van der Waals surface area contributed by atoms with Crippen molar-refractivity contribution in [1.82, 2.24) is 9.80 Å². The Labute approximate surface area is 80.0 Å². The summed E-state index contributed by atoms with van der Waals surface area (Å²) in [6, 6.07) is 0. The van der Waals surface area contributed by atoms with Gasteiger partial charge in [-0.2, -0.15) is 0 Å². The maximum Gasteiger partial charge on any atom is 0.246 e. The number of hydrogen-bond donors (Lipinski definition) is 0. The van der Waals surface area contributed by atoms with Gasteiger partial charge in [-0.3, -0.25) is 4.79 Å². The fraction of sp³-hybridized carbons (Fsp3) is 0.700. The van der Waals surface area contributed by atoms with Crippen molar-refractivity contribution in [1.29, 1.82) is 0 Å². The summed E-state index contributed by atoms with van der Waals surface area (Å²) in [7, 11) is 0. The Kier molecular flexibility index (Phi) is 3.96. The molecule has 1 fully saturated rings. The van der Waals surface area contributed by atoms with E-state index in [0.29, 0.717) is 0 Å². The average molecular weight is 182 g/mol. The van der Waals surface area contributed by atoms with Crippen LogP contribution in [0.15, 0.2) is 12.2 Å². The molecule has 0 aromatic carbocycles. The Morgan fingerprint density at radius 1 is 1.31 bits per heavy atom. The third kappa shape index (κ3) is 2.84. The fourth-order valence-electron chi connectivity index (χ4n) is 1.53. The number of carbonyl (C=O) groups excluding carboxylic acids is 1. The van der Waals surface area contributed by atoms with E-state index in [0.717, 1.165) is 32.7 Å². The summed E-state index contributed by atoms with van der Waals surface area (Å²) in [6.07, 6.45) is 3.44. The summed E-state index contributed by atoms with van der Waals surface area (Å²) in [6.45, 7) is 8.89. The Morgan fingerprint density at radius 2 is 1.92 bits per heavy atom. The molecule has 13 heavy (non-hydrogen) atoms. The SMILES string of the molecule is C/C=C/C(=O)N1CCN(CC)CC1. The zero-order valence-corrected chi connectivity index (χ0v) is 8.49. The Morgan fingerprint density at radius 3 is 2.38 bits per heavy atom. The topological polar surface area (TPSA) is 23.6 Å². The maximum absolute atomic E-state index is 11.4. The van der Waals surface area contributed by atoms with Gasteiger partial charge in [-0.1, -0.05) is 13.0 Å². The predicted molar refractivity (Wildman–Crippen MR) is 53.5 cm³/mol. The van der Waals surface area contributed by atoms with Gasteiger partial charge in [0.1, 0.15) is 0 Å². The molecular weight excluding hydrogens is 164 g/mol. The minimum atomic E-state index is 0.151. The smallest absolute Gasteiger partial charge is 0.246 e. The average Bonchev–Trinajstić information content (AvgIpc) is 2.18. The van der Waals surface area contributed by atoms with Gasteiger partial charge in [0.05, 0.1) is 0 Å². The van der Waals surface area contributed by atoms with Gasteiger partial charge in [0.2, 0.25) is 5.91 Å². The number of carbonyl (C=O) groups is 1. The first kappa shape index (κ1) is 10.3. The molecule has 1 aliphatic rings. The first-order valence-corrected chi connectivity index (χ1v) is 4.92. The number of likely N-dealkylation sites (N-methyl/N-ethyl adjacent to an activating group) is 1. The summed E-state index contributed by atoms with van der Waals surface area (Å²) in [5.41, 5.74) is 0.